The molecular weight excluding hydrogens is 597 g/mol. The van der Waals surface area contributed by atoms with Crippen molar-refractivity contribution in [1.29, 1.82) is 0 Å². The molecule has 8 heteroatoms. The van der Waals surface area contributed by atoms with E-state index in [-0.39, 0.29) is 20.1 Å². The Hall–Kier alpha value is -2.12. The number of aliphatic hydroxyl groups is 2. The van der Waals surface area contributed by atoms with Gasteiger partial charge in [0.1, 0.15) is 0 Å². The van der Waals surface area contributed by atoms with Gasteiger partial charge in [-0.1, -0.05) is 51.1 Å². The molecule has 4 nitrogen and oxygen atoms in total. The predicted molar refractivity (Wildman–Crippen MR) is 114 cm³/mol. The largest absolute Gasteiger partial charge is 0.414 e. The minimum atomic E-state index is -4.65. The van der Waals surface area contributed by atoms with Gasteiger partial charge in [0.05, 0.1) is 11.8 Å². The summed E-state index contributed by atoms with van der Waals surface area (Å²) in [4.78, 5) is 8.87. The molecule has 2 N–H and O–H groups in total. The van der Waals surface area contributed by atoms with Gasteiger partial charge in [-0.15, -0.1) is 35.9 Å². The van der Waals surface area contributed by atoms with Crippen molar-refractivity contribution < 1.29 is 43.5 Å². The summed E-state index contributed by atoms with van der Waals surface area (Å²) in [5, 5.41) is 17.9. The molecule has 3 rings (SSSR count). The maximum absolute atomic E-state index is 11.8. The van der Waals surface area contributed by atoms with E-state index in [1.54, 1.807) is 33.2 Å². The predicted octanol–water partition coefficient (Wildman–Crippen LogP) is 5.31. The third kappa shape index (κ3) is 8.43. The topological polar surface area (TPSA) is 66.2 Å². The van der Waals surface area contributed by atoms with Crippen molar-refractivity contribution in [2.45, 2.75) is 45.6 Å². The number of aromatic nitrogens is 2. The number of nitrogens with zero attached hydrogens (tertiary/aromatic N) is 2. The van der Waals surface area contributed by atoms with Crippen LogP contribution in [0.2, 0.25) is 0 Å². The van der Waals surface area contributed by atoms with Gasteiger partial charge in [-0.3, -0.25) is 4.98 Å². The summed E-state index contributed by atoms with van der Waals surface area (Å²) in [6, 6.07) is 21.1. The molecule has 1 aromatic heterocycles. The van der Waals surface area contributed by atoms with Crippen LogP contribution in [0.1, 0.15) is 27.2 Å². The fourth-order valence-electron chi connectivity index (χ4n) is 2.58. The van der Waals surface area contributed by atoms with Gasteiger partial charge in [-0.25, -0.2) is 0 Å². The van der Waals surface area contributed by atoms with E-state index in [9.17, 15) is 18.3 Å². The van der Waals surface area contributed by atoms with Gasteiger partial charge in [-0.2, -0.15) is 13.2 Å². The van der Waals surface area contributed by atoms with Crippen LogP contribution in [-0.4, -0.2) is 38.6 Å². The molecule has 0 bridgehead atoms. The first kappa shape index (κ1) is 27.9. The second kappa shape index (κ2) is 12.2. The minimum absolute atomic E-state index is 0. The molecule has 0 fully saturated rings. The Labute approximate surface area is 199 Å². The van der Waals surface area contributed by atoms with Crippen molar-refractivity contribution >= 4 is 0 Å². The Morgan fingerprint density at radius 2 is 1.41 bits per heavy atom. The van der Waals surface area contributed by atoms with Gasteiger partial charge in [0.25, 0.3) is 0 Å². The van der Waals surface area contributed by atoms with Crippen LogP contribution in [0.5, 0.6) is 0 Å². The van der Waals surface area contributed by atoms with Crippen molar-refractivity contribution in [3.05, 3.63) is 73.1 Å². The molecule has 0 aliphatic heterocycles. The molecule has 0 amide bonds. The van der Waals surface area contributed by atoms with Gasteiger partial charge in [0.15, 0.2) is 6.10 Å². The van der Waals surface area contributed by atoms with E-state index in [0.717, 1.165) is 22.5 Å². The van der Waals surface area contributed by atoms with Gasteiger partial charge in [0.2, 0.25) is 0 Å². The molecule has 0 saturated heterocycles. The normalized spacial score (nSPS) is 13.2. The number of hydrogen-bond acceptors (Lipinski definition) is 4. The van der Waals surface area contributed by atoms with Crippen molar-refractivity contribution in [3.63, 3.8) is 0 Å². The van der Waals surface area contributed by atoms with Gasteiger partial charge >= 0.3 is 6.18 Å². The average Bonchev–Trinajstić information content (AvgIpc) is 2.74. The fourth-order valence-corrected chi connectivity index (χ4v) is 2.58. The second-order valence-electron chi connectivity index (χ2n) is 8.07. The standard InChI is InChI=1S/C16H11N2.C8H15F3O2.Ir/c1-3-7-13(8-4-1)15-16(18-12-11-17-15)14-9-5-2-6-10-14;1-7(2,3)5(12)4-6(13)8(9,10)11;/h1-9,11-12H;5-6,12-13H,4H2,1-3H3;/q-1;;. The van der Waals surface area contributed by atoms with Crippen LogP contribution < -0.4 is 0 Å². The van der Waals surface area contributed by atoms with Crippen LogP contribution in [-0.2, 0) is 20.1 Å². The number of alkyl halides is 3. The first-order chi connectivity index (χ1) is 14.5. The monoisotopic (exact) mass is 624 g/mol. The van der Waals surface area contributed by atoms with E-state index in [1.165, 1.54) is 0 Å². The van der Waals surface area contributed by atoms with Crippen LogP contribution >= 0.6 is 0 Å². The Kier molecular flexibility index (Phi) is 10.6. The maximum atomic E-state index is 11.8. The van der Waals surface area contributed by atoms with Gasteiger partial charge in [-0.05, 0) is 11.0 Å². The third-order valence-electron chi connectivity index (χ3n) is 4.53. The summed E-state index contributed by atoms with van der Waals surface area (Å²) >= 11 is 0. The summed E-state index contributed by atoms with van der Waals surface area (Å²) < 4.78 is 35.5. The van der Waals surface area contributed by atoms with E-state index in [4.69, 9.17) is 5.11 Å². The number of rotatable bonds is 4. The molecule has 1 heterocycles. The second-order valence-corrected chi connectivity index (χ2v) is 8.07. The van der Waals surface area contributed by atoms with Crippen molar-refractivity contribution in [2.24, 2.45) is 5.41 Å². The van der Waals surface area contributed by atoms with Gasteiger partial charge < -0.3 is 15.2 Å². The molecule has 0 saturated carbocycles. The van der Waals surface area contributed by atoms with Crippen LogP contribution in [0.4, 0.5) is 13.2 Å². The maximum Gasteiger partial charge on any atom is 0.414 e. The number of halogens is 3. The van der Waals surface area contributed by atoms with Crippen molar-refractivity contribution in [2.75, 3.05) is 0 Å². The Morgan fingerprint density at radius 3 is 1.91 bits per heavy atom. The molecule has 2 atom stereocenters. The van der Waals surface area contributed by atoms with Crippen molar-refractivity contribution in [3.8, 4) is 22.5 Å². The Bertz CT molecular complexity index is 857. The molecule has 175 valence electrons. The van der Waals surface area contributed by atoms with E-state index in [1.807, 2.05) is 54.6 Å². The summed E-state index contributed by atoms with van der Waals surface area (Å²) in [5.41, 5.74) is 3.14. The number of aliphatic hydroxyl groups excluding tert-OH is 2. The smallest absolute Gasteiger partial charge is 0.392 e. The Morgan fingerprint density at radius 1 is 0.844 bits per heavy atom. The molecule has 3 aromatic rings. The molecule has 32 heavy (non-hydrogen) atoms. The molecular formula is C24H26F3IrN2O2-. The molecule has 0 aliphatic rings. The van der Waals surface area contributed by atoms with E-state index in [2.05, 4.69) is 16.0 Å². The molecule has 2 aromatic carbocycles. The minimum Gasteiger partial charge on any atom is -0.392 e. The SMILES string of the molecule is CC(C)(C)C(O)CC(O)C(F)(F)F.[Ir].[c-]1ccccc1-c1nccnc1-c1ccccc1. The zero-order valence-corrected chi connectivity index (χ0v) is 20.4. The zero-order chi connectivity index (χ0) is 23.1. The molecule has 0 spiro atoms. The summed E-state index contributed by atoms with van der Waals surface area (Å²) in [5.74, 6) is 0. The van der Waals surface area contributed by atoms with Crippen LogP contribution in [0.3, 0.4) is 0 Å². The number of benzene rings is 2. The van der Waals surface area contributed by atoms with Crippen molar-refractivity contribution in [1.82, 2.24) is 9.97 Å². The third-order valence-corrected chi connectivity index (χ3v) is 4.53. The first-order valence-electron chi connectivity index (χ1n) is 9.76. The van der Waals surface area contributed by atoms with Crippen LogP contribution in [0.15, 0.2) is 67.0 Å². The summed E-state index contributed by atoms with van der Waals surface area (Å²) in [7, 11) is 0. The van der Waals surface area contributed by atoms with E-state index in [0.29, 0.717) is 0 Å². The van der Waals surface area contributed by atoms with E-state index >= 15 is 0 Å². The quantitative estimate of drug-likeness (QED) is 0.387. The van der Waals surface area contributed by atoms with Crippen LogP contribution in [0.25, 0.3) is 22.5 Å². The Balaban J connectivity index is 0.000000330. The molecule has 1 radical (unpaired) electrons. The van der Waals surface area contributed by atoms with Gasteiger partial charge in [0, 0.05) is 44.6 Å². The zero-order valence-electron chi connectivity index (χ0n) is 18.0. The summed E-state index contributed by atoms with van der Waals surface area (Å²) in [6.07, 6.45) is -5.50. The van der Waals surface area contributed by atoms with Crippen LogP contribution in [0, 0.1) is 11.5 Å². The first-order valence-corrected chi connectivity index (χ1v) is 9.76. The summed E-state index contributed by atoms with van der Waals surface area (Å²) in [6.45, 7) is 4.84. The fraction of sp³-hybridized carbons (Fsp3) is 0.333. The molecule has 0 aliphatic carbocycles. The average molecular weight is 624 g/mol. The molecule has 2 unspecified atom stereocenters. The van der Waals surface area contributed by atoms with E-state index < -0.39 is 30.2 Å². The number of hydrogen-bond donors (Lipinski definition) is 2.